The molecule has 1 aromatic carbocycles. The minimum absolute atomic E-state index is 0.249. The van der Waals surface area contributed by atoms with Crippen LogP contribution in [0.1, 0.15) is 89.2 Å². The quantitative estimate of drug-likeness (QED) is 0.531. The van der Waals surface area contributed by atoms with Crippen molar-refractivity contribution in [2.75, 3.05) is 18.1 Å². The second kappa shape index (κ2) is 10.0. The number of hydrogen-bond acceptors (Lipinski definition) is 6. The summed E-state index contributed by atoms with van der Waals surface area (Å²) in [5.74, 6) is 1.77. The van der Waals surface area contributed by atoms with E-state index in [4.69, 9.17) is 9.47 Å². The van der Waals surface area contributed by atoms with Crippen molar-refractivity contribution in [2.24, 2.45) is 5.92 Å². The fourth-order valence-corrected chi connectivity index (χ4v) is 6.69. The topological polar surface area (TPSA) is 96.9 Å². The van der Waals surface area contributed by atoms with Crippen LogP contribution >= 0.6 is 0 Å². The van der Waals surface area contributed by atoms with Crippen molar-refractivity contribution >= 4 is 15.7 Å². The molecule has 7 nitrogen and oxygen atoms in total. The van der Waals surface area contributed by atoms with Gasteiger partial charge in [0.15, 0.2) is 0 Å². The van der Waals surface area contributed by atoms with Crippen molar-refractivity contribution in [3.8, 4) is 11.5 Å². The number of benzene rings is 1. The smallest absolute Gasteiger partial charge is 0.229 e. The second-order valence-electron chi connectivity index (χ2n) is 10.4. The molecule has 0 aromatic heterocycles. The van der Waals surface area contributed by atoms with Crippen LogP contribution in [-0.4, -0.2) is 44.6 Å². The Balaban J connectivity index is 1.67. The van der Waals surface area contributed by atoms with E-state index in [1.807, 2.05) is 6.07 Å². The molecule has 0 saturated heterocycles. The Morgan fingerprint density at radius 2 is 1.82 bits per heavy atom. The van der Waals surface area contributed by atoms with E-state index < -0.39 is 21.7 Å². The Labute approximate surface area is 198 Å². The van der Waals surface area contributed by atoms with Gasteiger partial charge in [-0.3, -0.25) is 4.72 Å². The Bertz CT molecular complexity index is 923. The average molecular weight is 481 g/mol. The van der Waals surface area contributed by atoms with Gasteiger partial charge in [0, 0.05) is 17.7 Å². The third kappa shape index (κ3) is 5.60. The summed E-state index contributed by atoms with van der Waals surface area (Å²) in [5, 5.41) is 15.4. The molecule has 0 radical (unpaired) electrons. The minimum Gasteiger partial charge on any atom is -0.495 e. The number of sulfonamides is 1. The van der Waals surface area contributed by atoms with Crippen LogP contribution in [0.3, 0.4) is 0 Å². The molecule has 4 rings (SSSR count). The van der Waals surface area contributed by atoms with Crippen molar-refractivity contribution in [1.82, 2.24) is 5.32 Å². The molecule has 186 valence electrons. The molecule has 2 saturated carbocycles. The second-order valence-corrected chi connectivity index (χ2v) is 12.2. The molecule has 1 aromatic rings. The Morgan fingerprint density at radius 1 is 1.15 bits per heavy atom. The van der Waals surface area contributed by atoms with Crippen LogP contribution in [0.4, 0.5) is 5.69 Å². The van der Waals surface area contributed by atoms with E-state index in [0.29, 0.717) is 17.2 Å². The van der Waals surface area contributed by atoms with Gasteiger partial charge in [0.1, 0.15) is 23.2 Å². The standard InChI is InChI=1S/C25H40N2O5S/c1-17(14-18-10-6-4-7-11-18)26-23-19-15-22(31-2)20(27-33(3,29)30)16-21(19)32-25(24(23)28)12-8-5-9-13-25/h15-18,23-24,26-28H,4-14H2,1-3H3. The SMILES string of the molecule is COc1cc2c(cc1NS(C)(=O)=O)OC1(CCCCC1)C(O)C2NC(C)CC1CCCCC1. The molecule has 33 heavy (non-hydrogen) atoms. The Kier molecular flexibility index (Phi) is 7.46. The lowest BCUT2D eigenvalue weighted by molar-refractivity contribution is -0.108. The fourth-order valence-electron chi connectivity index (χ4n) is 6.14. The molecule has 3 aliphatic rings. The van der Waals surface area contributed by atoms with Gasteiger partial charge in [-0.2, -0.15) is 0 Å². The zero-order valence-corrected chi connectivity index (χ0v) is 21.0. The normalized spacial score (nSPS) is 26.3. The van der Waals surface area contributed by atoms with E-state index in [9.17, 15) is 13.5 Å². The van der Waals surface area contributed by atoms with Crippen molar-refractivity contribution in [2.45, 2.75) is 101 Å². The van der Waals surface area contributed by atoms with Gasteiger partial charge >= 0.3 is 0 Å². The molecule has 1 aliphatic heterocycles. The molecule has 3 unspecified atom stereocenters. The fraction of sp³-hybridized carbons (Fsp3) is 0.760. The van der Waals surface area contributed by atoms with Gasteiger partial charge < -0.3 is 19.9 Å². The first-order valence-corrected chi connectivity index (χ1v) is 14.4. The largest absolute Gasteiger partial charge is 0.495 e. The minimum atomic E-state index is -3.48. The lowest BCUT2D eigenvalue weighted by Gasteiger charge is -2.49. The maximum atomic E-state index is 11.9. The number of fused-ring (bicyclic) bond motifs is 1. The van der Waals surface area contributed by atoms with Gasteiger partial charge in [0.05, 0.1) is 25.1 Å². The van der Waals surface area contributed by atoms with Gasteiger partial charge in [-0.25, -0.2) is 8.42 Å². The molecular formula is C25H40N2O5S. The first-order chi connectivity index (χ1) is 15.7. The van der Waals surface area contributed by atoms with Gasteiger partial charge in [-0.15, -0.1) is 0 Å². The Morgan fingerprint density at radius 3 is 2.45 bits per heavy atom. The molecule has 8 heteroatoms. The first-order valence-electron chi connectivity index (χ1n) is 12.5. The maximum Gasteiger partial charge on any atom is 0.229 e. The number of rotatable bonds is 7. The molecule has 0 bridgehead atoms. The molecule has 0 amide bonds. The number of aliphatic hydroxyl groups excluding tert-OH is 1. The highest BCUT2D eigenvalue weighted by atomic mass is 32.2. The van der Waals surface area contributed by atoms with Crippen molar-refractivity contribution in [1.29, 1.82) is 0 Å². The van der Waals surface area contributed by atoms with Gasteiger partial charge in [-0.1, -0.05) is 38.5 Å². The Hall–Kier alpha value is -1.51. The van der Waals surface area contributed by atoms with Crippen molar-refractivity contribution in [3.05, 3.63) is 17.7 Å². The van der Waals surface area contributed by atoms with Gasteiger partial charge in [0.2, 0.25) is 10.0 Å². The third-order valence-corrected chi connectivity index (χ3v) is 8.30. The average Bonchev–Trinajstić information content (AvgIpc) is 2.77. The molecule has 1 heterocycles. The highest BCUT2D eigenvalue weighted by Crippen LogP contribution is 2.49. The number of anilines is 1. The summed E-state index contributed by atoms with van der Waals surface area (Å²) in [6.45, 7) is 2.21. The van der Waals surface area contributed by atoms with Crippen LogP contribution in [-0.2, 0) is 10.0 Å². The lowest BCUT2D eigenvalue weighted by Crippen LogP contribution is -2.58. The van der Waals surface area contributed by atoms with E-state index in [0.717, 1.165) is 56.3 Å². The predicted molar refractivity (Wildman–Crippen MR) is 130 cm³/mol. The number of aliphatic hydroxyl groups is 1. The summed E-state index contributed by atoms with van der Waals surface area (Å²) in [6, 6.07) is 3.48. The van der Waals surface area contributed by atoms with Crippen LogP contribution in [0, 0.1) is 5.92 Å². The lowest BCUT2D eigenvalue weighted by atomic mass is 9.74. The predicted octanol–water partition coefficient (Wildman–Crippen LogP) is 4.51. The highest BCUT2D eigenvalue weighted by Gasteiger charge is 2.50. The monoisotopic (exact) mass is 480 g/mol. The number of nitrogens with one attached hydrogen (secondary N) is 2. The zero-order chi connectivity index (χ0) is 23.6. The molecule has 3 N–H and O–H groups in total. The molecule has 1 spiro atoms. The van der Waals surface area contributed by atoms with Crippen molar-refractivity contribution in [3.63, 3.8) is 0 Å². The summed E-state index contributed by atoms with van der Waals surface area (Å²) in [6.07, 6.45) is 12.9. The van der Waals surface area contributed by atoms with Crippen LogP contribution in [0.5, 0.6) is 11.5 Å². The van der Waals surface area contributed by atoms with Crippen LogP contribution in [0.25, 0.3) is 0 Å². The third-order valence-electron chi connectivity index (χ3n) is 7.71. The van der Waals surface area contributed by atoms with Gasteiger partial charge in [-0.05, 0) is 51.0 Å². The van der Waals surface area contributed by atoms with Crippen LogP contribution in [0.15, 0.2) is 12.1 Å². The summed E-state index contributed by atoms with van der Waals surface area (Å²) < 4.78 is 38.4. The summed E-state index contributed by atoms with van der Waals surface area (Å²) in [4.78, 5) is 0. The van der Waals surface area contributed by atoms with E-state index in [1.54, 1.807) is 6.07 Å². The highest BCUT2D eigenvalue weighted by molar-refractivity contribution is 7.92. The van der Waals surface area contributed by atoms with Crippen LogP contribution in [0.2, 0.25) is 0 Å². The van der Waals surface area contributed by atoms with E-state index in [1.165, 1.54) is 39.2 Å². The van der Waals surface area contributed by atoms with E-state index in [-0.39, 0.29) is 12.1 Å². The zero-order valence-electron chi connectivity index (χ0n) is 20.2. The number of ether oxygens (including phenoxy) is 2. The molecule has 2 aliphatic carbocycles. The number of hydrogen-bond donors (Lipinski definition) is 3. The molecule has 2 fully saturated rings. The van der Waals surface area contributed by atoms with E-state index >= 15 is 0 Å². The van der Waals surface area contributed by atoms with Crippen molar-refractivity contribution < 1.29 is 23.0 Å². The van der Waals surface area contributed by atoms with E-state index in [2.05, 4.69) is 17.0 Å². The van der Waals surface area contributed by atoms with Crippen LogP contribution < -0.4 is 19.5 Å². The summed E-state index contributed by atoms with van der Waals surface area (Å²) in [7, 11) is -1.96. The molecular weight excluding hydrogens is 440 g/mol. The number of methoxy groups -OCH3 is 1. The molecule has 3 atom stereocenters. The first kappa shape index (κ1) is 24.6. The van der Waals surface area contributed by atoms with Gasteiger partial charge in [0.25, 0.3) is 0 Å². The summed E-state index contributed by atoms with van der Waals surface area (Å²) >= 11 is 0. The maximum absolute atomic E-state index is 11.9. The summed E-state index contributed by atoms with van der Waals surface area (Å²) in [5.41, 5.74) is 0.532.